The summed E-state index contributed by atoms with van der Waals surface area (Å²) in [6.45, 7) is 7.48. The van der Waals surface area contributed by atoms with Crippen molar-refractivity contribution in [3.05, 3.63) is 54.1 Å². The normalized spacial score (nSPS) is 15.0. The molecule has 9 amide bonds. The number of guanidine groups is 2. The van der Waals surface area contributed by atoms with Crippen LogP contribution in [0.15, 0.2) is 52.8 Å². The van der Waals surface area contributed by atoms with Gasteiger partial charge >= 0.3 is 5.97 Å². The standard InChI is InChI=1S/C51H84N18O13/c1-7-14-34(49(81)82)63-47(79)39(27(3)8-2)66-37(72)25-69(20-13-19-59-51(55)56)38(73)24-60-46(78)40(29(5)70)68-48(80)41(30(6)71)67-45(77)36(22-32-23-57-26-61-32)65-44(76)35(21-31-15-10-9-11-16-31)64-42(74)28(4)62-43(75)33(52)17-12-18-58-50(53)54/h9-11,15-16,23,26-30,33-36,39-41,70-71H,7-8,12-14,17-22,24-25,52H2,1-6H3,(H,57,61)(H,60,78)(H,62,75)(H,63,79)(H,64,74)(H,65,76)(H,66,72)(H,67,77)(H,68,80)(H,81,82)(H4,53,54,58)(H4,55,56,59)/t27?,28-,29+,30+,33-,34-,35+,36-,39-,40-,41-/m0/s1. The Hall–Kier alpha value is -8.45. The van der Waals surface area contributed by atoms with Gasteiger partial charge < -0.3 is 96.4 Å². The fourth-order valence-electron chi connectivity index (χ4n) is 7.85. The topological polar surface area (TPSA) is 514 Å². The zero-order chi connectivity index (χ0) is 61.6. The molecule has 0 saturated heterocycles. The van der Waals surface area contributed by atoms with Gasteiger partial charge in [-0.2, -0.15) is 0 Å². The van der Waals surface area contributed by atoms with Crippen molar-refractivity contribution in [2.24, 2.45) is 44.6 Å². The molecule has 1 unspecified atom stereocenters. The second kappa shape index (κ2) is 36.0. The molecule has 1 aromatic heterocycles. The summed E-state index contributed by atoms with van der Waals surface area (Å²) >= 11 is 0. The van der Waals surface area contributed by atoms with E-state index in [2.05, 4.69) is 62.5 Å². The van der Waals surface area contributed by atoms with E-state index in [1.54, 1.807) is 51.1 Å². The number of carbonyl (C=O) groups excluding carboxylic acids is 9. The quantitative estimate of drug-likeness (QED) is 0.0170. The molecule has 1 aromatic carbocycles. The third-order valence-corrected chi connectivity index (χ3v) is 12.7. The van der Waals surface area contributed by atoms with E-state index >= 15 is 0 Å². The number of aliphatic hydroxyl groups is 2. The number of hydrogen-bond acceptors (Lipinski definition) is 16. The van der Waals surface area contributed by atoms with E-state index in [9.17, 15) is 63.3 Å². The zero-order valence-electron chi connectivity index (χ0n) is 47.2. The first-order valence-corrected chi connectivity index (χ1v) is 26.8. The zero-order valence-corrected chi connectivity index (χ0v) is 47.2. The Kier molecular flexibility index (Phi) is 30.6. The van der Waals surface area contributed by atoms with Crippen LogP contribution in [0.4, 0.5) is 0 Å². The van der Waals surface area contributed by atoms with Crippen molar-refractivity contribution in [2.45, 2.75) is 153 Å². The smallest absolute Gasteiger partial charge is 0.326 e. The van der Waals surface area contributed by atoms with Crippen molar-refractivity contribution < 1.29 is 63.3 Å². The Morgan fingerprint density at radius 1 is 0.646 bits per heavy atom. The largest absolute Gasteiger partial charge is 0.480 e. The lowest BCUT2D eigenvalue weighted by atomic mass is 9.97. The average Bonchev–Trinajstić information content (AvgIpc) is 3.98. The van der Waals surface area contributed by atoms with Gasteiger partial charge in [0, 0.05) is 44.4 Å². The van der Waals surface area contributed by atoms with Crippen molar-refractivity contribution in [2.75, 3.05) is 32.7 Å². The second-order valence-electron chi connectivity index (χ2n) is 19.6. The van der Waals surface area contributed by atoms with E-state index in [1.807, 2.05) is 0 Å². The summed E-state index contributed by atoms with van der Waals surface area (Å²) in [5.74, 6) is -10.2. The number of aliphatic imine (C=N–C) groups is 2. The van der Waals surface area contributed by atoms with Crippen LogP contribution in [-0.2, 0) is 60.8 Å². The van der Waals surface area contributed by atoms with Crippen molar-refractivity contribution >= 4 is 71.1 Å². The number of carboxylic acid groups (broad SMARTS) is 1. The van der Waals surface area contributed by atoms with Crippen molar-refractivity contribution in [3.63, 3.8) is 0 Å². The number of carboxylic acids is 1. The maximum Gasteiger partial charge on any atom is 0.326 e. The number of aromatic amines is 1. The Morgan fingerprint density at radius 3 is 1.76 bits per heavy atom. The van der Waals surface area contributed by atoms with Crippen LogP contribution in [0.3, 0.4) is 0 Å². The molecule has 31 heteroatoms. The fourth-order valence-corrected chi connectivity index (χ4v) is 7.85. The van der Waals surface area contributed by atoms with Gasteiger partial charge in [-0.05, 0) is 57.9 Å². The van der Waals surface area contributed by atoms with Gasteiger partial charge in [0.15, 0.2) is 11.9 Å². The number of amides is 9. The molecule has 0 aliphatic carbocycles. The van der Waals surface area contributed by atoms with E-state index < -0.39 is 139 Å². The van der Waals surface area contributed by atoms with Gasteiger partial charge in [0.25, 0.3) is 0 Å². The van der Waals surface area contributed by atoms with Crippen molar-refractivity contribution in [3.8, 4) is 0 Å². The van der Waals surface area contributed by atoms with Crippen LogP contribution < -0.4 is 71.2 Å². The van der Waals surface area contributed by atoms with Crippen LogP contribution in [0.5, 0.6) is 0 Å². The number of aliphatic carboxylic acids is 1. The maximum atomic E-state index is 14.2. The van der Waals surface area contributed by atoms with Gasteiger partial charge in [0.1, 0.15) is 42.3 Å². The number of imidazole rings is 1. The summed E-state index contributed by atoms with van der Waals surface area (Å²) in [4.78, 5) is 150. The van der Waals surface area contributed by atoms with Crippen LogP contribution in [0.2, 0.25) is 0 Å². The average molecular weight is 1160 g/mol. The van der Waals surface area contributed by atoms with E-state index in [0.717, 1.165) is 18.7 Å². The molecule has 0 aliphatic heterocycles. The summed E-state index contributed by atoms with van der Waals surface area (Å²) < 4.78 is 0. The molecule has 456 valence electrons. The van der Waals surface area contributed by atoms with Gasteiger partial charge in [-0.1, -0.05) is 63.9 Å². The summed E-state index contributed by atoms with van der Waals surface area (Å²) in [5.41, 5.74) is 28.5. The molecule has 0 saturated carbocycles. The third-order valence-electron chi connectivity index (χ3n) is 12.7. The van der Waals surface area contributed by atoms with Crippen LogP contribution in [0.25, 0.3) is 0 Å². The highest BCUT2D eigenvalue weighted by molar-refractivity contribution is 5.98. The van der Waals surface area contributed by atoms with Crippen LogP contribution in [0, 0.1) is 5.92 Å². The third kappa shape index (κ3) is 25.3. The fraction of sp³-hybridized carbons (Fsp3) is 0.588. The number of nitrogens with one attached hydrogen (secondary N) is 9. The maximum absolute atomic E-state index is 14.2. The molecule has 11 atom stereocenters. The molecule has 2 rings (SSSR count). The molecule has 0 bridgehead atoms. The SMILES string of the molecule is CCC[C@H](NC(=O)[C@@H](NC(=O)CN(CCCN=C(N)N)C(=O)CNC(=O)[C@@H](NC(=O)[C@@H](NC(=O)[C@H](Cc1cnc[nH]1)NC(=O)[C@@H](Cc1ccccc1)NC(=O)[C@H](C)NC(=O)[C@@H](N)CCCN=C(N)N)[C@@H](C)O)[C@@H](C)O)C(C)CC)C(=O)O. The second-order valence-corrected chi connectivity index (χ2v) is 19.6. The highest BCUT2D eigenvalue weighted by Crippen LogP contribution is 2.12. The molecule has 0 aliphatic rings. The minimum absolute atomic E-state index is 0.0240. The lowest BCUT2D eigenvalue weighted by Gasteiger charge is -2.29. The number of aromatic nitrogens is 2. The van der Waals surface area contributed by atoms with Crippen LogP contribution >= 0.6 is 0 Å². The first-order chi connectivity index (χ1) is 38.7. The molecule has 0 spiro atoms. The van der Waals surface area contributed by atoms with E-state index in [-0.39, 0.29) is 63.7 Å². The van der Waals surface area contributed by atoms with Crippen molar-refractivity contribution in [1.82, 2.24) is 57.4 Å². The molecule has 2 aromatic rings. The minimum atomic E-state index is -1.85. The lowest BCUT2D eigenvalue weighted by molar-refractivity contribution is -0.143. The monoisotopic (exact) mass is 1160 g/mol. The number of nitrogens with two attached hydrogens (primary N) is 5. The van der Waals surface area contributed by atoms with E-state index in [0.29, 0.717) is 30.5 Å². The summed E-state index contributed by atoms with van der Waals surface area (Å²) in [7, 11) is 0. The number of nitrogens with zero attached hydrogens (tertiary/aromatic N) is 4. The van der Waals surface area contributed by atoms with Crippen molar-refractivity contribution in [1.29, 1.82) is 0 Å². The first-order valence-electron chi connectivity index (χ1n) is 26.8. The van der Waals surface area contributed by atoms with Gasteiger partial charge in [-0.25, -0.2) is 9.78 Å². The highest BCUT2D eigenvalue weighted by atomic mass is 16.4. The molecule has 1 heterocycles. The van der Waals surface area contributed by atoms with Crippen LogP contribution in [-0.4, -0.2) is 195 Å². The molecule has 22 N–H and O–H groups in total. The minimum Gasteiger partial charge on any atom is -0.480 e. The predicted octanol–water partition coefficient (Wildman–Crippen LogP) is -5.71. The molecule has 82 heavy (non-hydrogen) atoms. The molecular formula is C51H84N18O13. The molecular weight excluding hydrogens is 1070 g/mol. The molecule has 31 nitrogen and oxygen atoms in total. The molecule has 0 fully saturated rings. The molecule has 0 radical (unpaired) electrons. The lowest BCUT2D eigenvalue weighted by Crippen LogP contribution is -2.62. The van der Waals surface area contributed by atoms with Gasteiger partial charge in [-0.15, -0.1) is 0 Å². The Morgan fingerprint density at radius 2 is 1.20 bits per heavy atom. The predicted molar refractivity (Wildman–Crippen MR) is 300 cm³/mol. The highest BCUT2D eigenvalue weighted by Gasteiger charge is 2.36. The summed E-state index contributed by atoms with van der Waals surface area (Å²) in [6, 6.07) is -2.68. The van der Waals surface area contributed by atoms with E-state index in [4.69, 9.17) is 28.7 Å². The number of aliphatic hydroxyl groups excluding tert-OH is 2. The van der Waals surface area contributed by atoms with Gasteiger partial charge in [0.2, 0.25) is 53.2 Å². The first kappa shape index (κ1) is 69.7. The summed E-state index contributed by atoms with van der Waals surface area (Å²) in [5, 5.41) is 50.9. The number of benzene rings is 1. The number of hydrogen-bond donors (Lipinski definition) is 17. The van der Waals surface area contributed by atoms with E-state index in [1.165, 1.54) is 19.4 Å². The number of rotatable bonds is 37. The van der Waals surface area contributed by atoms with Gasteiger partial charge in [-0.3, -0.25) is 53.1 Å². The van der Waals surface area contributed by atoms with Crippen LogP contribution in [0.1, 0.15) is 91.3 Å². The summed E-state index contributed by atoms with van der Waals surface area (Å²) in [6.07, 6.45) is 0.620. The Balaban J connectivity index is 2.32. The Bertz CT molecular complexity index is 2470. The number of H-pyrrole nitrogens is 1. The Labute approximate surface area is 475 Å². The van der Waals surface area contributed by atoms with Gasteiger partial charge in [0.05, 0.1) is 37.7 Å². The number of carbonyl (C=O) groups is 10.